The summed E-state index contributed by atoms with van der Waals surface area (Å²) < 4.78 is 11.7. The Kier molecular flexibility index (Phi) is 4.02. The summed E-state index contributed by atoms with van der Waals surface area (Å²) in [5.41, 5.74) is 3.60. The lowest BCUT2D eigenvalue weighted by atomic mass is 10.1. The molecule has 112 valence electrons. The van der Waals surface area contributed by atoms with Gasteiger partial charge in [0.25, 0.3) is 0 Å². The van der Waals surface area contributed by atoms with Gasteiger partial charge in [0.1, 0.15) is 23.9 Å². The Bertz CT molecular complexity index is 626. The predicted octanol–water partition coefficient (Wildman–Crippen LogP) is 4.04. The molecule has 0 radical (unpaired) electrons. The average Bonchev–Trinajstić information content (AvgIpc) is 3.21. The van der Waals surface area contributed by atoms with Crippen LogP contribution in [0, 0.1) is 20.8 Å². The molecule has 0 atom stereocenters. The largest absolute Gasteiger partial charge is 0.485 e. The number of aryl methyl sites for hydroxylation is 3. The van der Waals surface area contributed by atoms with Crippen molar-refractivity contribution in [3.8, 4) is 5.75 Å². The molecule has 1 saturated carbocycles. The maximum Gasteiger partial charge on any atom is 0.146 e. The van der Waals surface area contributed by atoms with Crippen molar-refractivity contribution in [2.75, 3.05) is 0 Å². The smallest absolute Gasteiger partial charge is 0.146 e. The summed E-state index contributed by atoms with van der Waals surface area (Å²) in [6.07, 6.45) is 2.61. The maximum atomic E-state index is 5.90. The predicted molar refractivity (Wildman–Crippen MR) is 83.6 cm³/mol. The maximum absolute atomic E-state index is 5.90. The highest BCUT2D eigenvalue weighted by atomic mass is 16.5. The average molecular weight is 285 g/mol. The molecular formula is C18H23NO2. The zero-order valence-corrected chi connectivity index (χ0v) is 13.0. The normalized spacial score (nSPS) is 14.4. The molecular weight excluding hydrogens is 262 g/mol. The second kappa shape index (κ2) is 5.94. The van der Waals surface area contributed by atoms with E-state index in [0.29, 0.717) is 12.6 Å². The topological polar surface area (TPSA) is 34.4 Å². The molecule has 1 aliphatic rings. The molecule has 2 aromatic rings. The van der Waals surface area contributed by atoms with Gasteiger partial charge in [-0.2, -0.15) is 0 Å². The molecule has 21 heavy (non-hydrogen) atoms. The highest BCUT2D eigenvalue weighted by Gasteiger charge is 2.21. The van der Waals surface area contributed by atoms with Crippen LogP contribution < -0.4 is 10.1 Å². The zero-order valence-electron chi connectivity index (χ0n) is 13.0. The van der Waals surface area contributed by atoms with Crippen LogP contribution in [-0.2, 0) is 13.2 Å². The van der Waals surface area contributed by atoms with Crippen LogP contribution in [0.3, 0.4) is 0 Å². The summed E-state index contributed by atoms with van der Waals surface area (Å²) in [5, 5.41) is 3.52. The molecule has 1 aliphatic carbocycles. The van der Waals surface area contributed by atoms with E-state index in [0.717, 1.165) is 29.4 Å². The van der Waals surface area contributed by atoms with Crippen LogP contribution in [0.1, 0.15) is 41.1 Å². The van der Waals surface area contributed by atoms with Gasteiger partial charge in [-0.1, -0.05) is 12.1 Å². The van der Waals surface area contributed by atoms with Gasteiger partial charge in [0, 0.05) is 18.2 Å². The molecule has 0 amide bonds. The van der Waals surface area contributed by atoms with Gasteiger partial charge in [-0.05, 0) is 56.9 Å². The molecule has 3 heteroatoms. The number of nitrogens with one attached hydrogen (secondary N) is 1. The number of hydrogen-bond acceptors (Lipinski definition) is 3. The summed E-state index contributed by atoms with van der Waals surface area (Å²) >= 11 is 0. The van der Waals surface area contributed by atoms with Crippen molar-refractivity contribution in [1.29, 1.82) is 0 Å². The Morgan fingerprint density at radius 1 is 1.19 bits per heavy atom. The van der Waals surface area contributed by atoms with E-state index in [1.807, 2.05) is 6.92 Å². The van der Waals surface area contributed by atoms with Crippen LogP contribution in [0.2, 0.25) is 0 Å². The molecule has 0 aliphatic heterocycles. The lowest BCUT2D eigenvalue weighted by molar-refractivity contribution is 0.266. The van der Waals surface area contributed by atoms with E-state index in [9.17, 15) is 0 Å². The summed E-state index contributed by atoms with van der Waals surface area (Å²) in [5.74, 6) is 2.81. The van der Waals surface area contributed by atoms with Crippen LogP contribution in [0.25, 0.3) is 0 Å². The van der Waals surface area contributed by atoms with Crippen LogP contribution >= 0.6 is 0 Å². The minimum Gasteiger partial charge on any atom is -0.485 e. The van der Waals surface area contributed by atoms with Crippen molar-refractivity contribution < 1.29 is 9.15 Å². The first-order valence-corrected chi connectivity index (χ1v) is 7.63. The molecule has 1 aromatic carbocycles. The highest BCUT2D eigenvalue weighted by molar-refractivity contribution is 5.36. The van der Waals surface area contributed by atoms with Crippen LogP contribution in [0.15, 0.2) is 28.7 Å². The quantitative estimate of drug-likeness (QED) is 0.870. The second-order valence-electron chi connectivity index (χ2n) is 6.01. The van der Waals surface area contributed by atoms with E-state index < -0.39 is 0 Å². The second-order valence-corrected chi connectivity index (χ2v) is 6.01. The van der Waals surface area contributed by atoms with Crippen molar-refractivity contribution in [3.63, 3.8) is 0 Å². The molecule has 0 spiro atoms. The first-order chi connectivity index (χ1) is 10.1. The highest BCUT2D eigenvalue weighted by Crippen LogP contribution is 2.23. The Morgan fingerprint density at radius 2 is 2.00 bits per heavy atom. The van der Waals surface area contributed by atoms with E-state index in [1.165, 1.54) is 24.0 Å². The Balaban J connectivity index is 1.61. The number of furan rings is 1. The SMILES string of the molecule is Cc1ccc(C)c(OCc2cc(CNC3CC3)c(C)o2)c1. The third kappa shape index (κ3) is 3.67. The Morgan fingerprint density at radius 3 is 2.76 bits per heavy atom. The number of benzene rings is 1. The van der Waals surface area contributed by atoms with Crippen molar-refractivity contribution in [1.82, 2.24) is 5.32 Å². The number of rotatable bonds is 6. The van der Waals surface area contributed by atoms with Crippen molar-refractivity contribution in [2.45, 2.75) is 52.8 Å². The number of ether oxygens (including phenoxy) is 1. The lowest BCUT2D eigenvalue weighted by Crippen LogP contribution is -2.15. The van der Waals surface area contributed by atoms with Gasteiger partial charge in [-0.3, -0.25) is 0 Å². The third-order valence-corrected chi connectivity index (χ3v) is 3.94. The summed E-state index contributed by atoms with van der Waals surface area (Å²) in [6, 6.07) is 9.08. The molecule has 3 rings (SSSR count). The minimum atomic E-state index is 0.481. The fraction of sp³-hybridized carbons (Fsp3) is 0.444. The van der Waals surface area contributed by atoms with Gasteiger partial charge in [0.15, 0.2) is 0 Å². The van der Waals surface area contributed by atoms with E-state index in [2.05, 4.69) is 43.4 Å². The van der Waals surface area contributed by atoms with Crippen LogP contribution in [-0.4, -0.2) is 6.04 Å². The molecule has 1 fully saturated rings. The zero-order chi connectivity index (χ0) is 14.8. The van der Waals surface area contributed by atoms with E-state index in [1.54, 1.807) is 0 Å². The summed E-state index contributed by atoms with van der Waals surface area (Å²) in [4.78, 5) is 0. The molecule has 1 heterocycles. The van der Waals surface area contributed by atoms with E-state index >= 15 is 0 Å². The van der Waals surface area contributed by atoms with E-state index in [4.69, 9.17) is 9.15 Å². The molecule has 0 unspecified atom stereocenters. The van der Waals surface area contributed by atoms with Gasteiger partial charge < -0.3 is 14.5 Å². The fourth-order valence-electron chi connectivity index (χ4n) is 2.39. The Hall–Kier alpha value is -1.74. The molecule has 0 bridgehead atoms. The van der Waals surface area contributed by atoms with Crippen molar-refractivity contribution in [3.05, 3.63) is 52.5 Å². The van der Waals surface area contributed by atoms with Crippen LogP contribution in [0.5, 0.6) is 5.75 Å². The number of hydrogen-bond donors (Lipinski definition) is 1. The fourth-order valence-corrected chi connectivity index (χ4v) is 2.39. The molecule has 3 nitrogen and oxygen atoms in total. The van der Waals surface area contributed by atoms with Gasteiger partial charge in [0.05, 0.1) is 0 Å². The first-order valence-electron chi connectivity index (χ1n) is 7.63. The van der Waals surface area contributed by atoms with Gasteiger partial charge in [-0.25, -0.2) is 0 Å². The van der Waals surface area contributed by atoms with E-state index in [-0.39, 0.29) is 0 Å². The summed E-state index contributed by atoms with van der Waals surface area (Å²) in [6.45, 7) is 7.53. The molecule has 1 aromatic heterocycles. The molecule has 1 N–H and O–H groups in total. The third-order valence-electron chi connectivity index (χ3n) is 3.94. The van der Waals surface area contributed by atoms with Gasteiger partial charge in [-0.15, -0.1) is 0 Å². The minimum absolute atomic E-state index is 0.481. The standard InChI is InChI=1S/C18H23NO2/c1-12-4-5-13(2)18(8-12)20-11-17-9-15(14(3)21-17)10-19-16-6-7-16/h4-5,8-9,16,19H,6-7,10-11H2,1-3H3. The lowest BCUT2D eigenvalue weighted by Gasteiger charge is -2.08. The van der Waals surface area contributed by atoms with Crippen molar-refractivity contribution in [2.24, 2.45) is 0 Å². The van der Waals surface area contributed by atoms with Crippen LogP contribution in [0.4, 0.5) is 0 Å². The van der Waals surface area contributed by atoms with Crippen molar-refractivity contribution >= 4 is 0 Å². The van der Waals surface area contributed by atoms with Gasteiger partial charge >= 0.3 is 0 Å². The first kappa shape index (κ1) is 14.2. The Labute approximate surface area is 126 Å². The van der Waals surface area contributed by atoms with Gasteiger partial charge in [0.2, 0.25) is 0 Å². The summed E-state index contributed by atoms with van der Waals surface area (Å²) in [7, 11) is 0. The molecule has 0 saturated heterocycles. The monoisotopic (exact) mass is 285 g/mol.